The molecule has 98 valence electrons. The van der Waals surface area contributed by atoms with Gasteiger partial charge in [0.2, 0.25) is 5.78 Å². The van der Waals surface area contributed by atoms with Gasteiger partial charge >= 0.3 is 0 Å². The topological polar surface area (TPSA) is 54.4 Å². The molecule has 4 atom stereocenters. The van der Waals surface area contributed by atoms with E-state index in [0.717, 1.165) is 5.56 Å². The Bertz CT molecular complexity index is 587. The monoisotopic (exact) mass is 256 g/mol. The lowest BCUT2D eigenvalue weighted by atomic mass is 9.75. The second kappa shape index (κ2) is 3.80. The third-order valence-corrected chi connectivity index (χ3v) is 4.81. The first-order valence-corrected chi connectivity index (χ1v) is 6.52. The van der Waals surface area contributed by atoms with Gasteiger partial charge in [-0.2, -0.15) is 0 Å². The maximum Gasteiger partial charge on any atom is 0.207 e. The third kappa shape index (κ3) is 1.44. The lowest BCUT2D eigenvalue weighted by molar-refractivity contribution is -0.135. The molecule has 1 saturated carbocycles. The molecule has 0 aliphatic heterocycles. The Kier molecular flexibility index (Phi) is 2.43. The SMILES string of the molecule is CC1C(c2ccccc2)C2C(=O)C(O)=CC1(C)C2=O. The van der Waals surface area contributed by atoms with Crippen molar-refractivity contribution in [3.05, 3.63) is 47.7 Å². The number of carbonyl (C=O) groups is 2. The highest BCUT2D eigenvalue weighted by atomic mass is 16.3. The molecule has 0 saturated heterocycles. The van der Waals surface area contributed by atoms with Crippen molar-refractivity contribution >= 4 is 11.6 Å². The molecular weight excluding hydrogens is 240 g/mol. The number of Topliss-reactive ketones (excluding diaryl/α,β-unsaturated/α-hetero) is 2. The zero-order valence-corrected chi connectivity index (χ0v) is 11.0. The van der Waals surface area contributed by atoms with E-state index in [1.54, 1.807) is 0 Å². The highest BCUT2D eigenvalue weighted by Gasteiger charge is 2.60. The summed E-state index contributed by atoms with van der Waals surface area (Å²) in [5, 5.41) is 9.78. The van der Waals surface area contributed by atoms with Crippen molar-refractivity contribution in [1.29, 1.82) is 0 Å². The molecule has 19 heavy (non-hydrogen) atoms. The number of ketones is 2. The first-order valence-electron chi connectivity index (χ1n) is 6.52. The van der Waals surface area contributed by atoms with Crippen LogP contribution in [-0.4, -0.2) is 16.7 Å². The van der Waals surface area contributed by atoms with Gasteiger partial charge in [-0.25, -0.2) is 0 Å². The van der Waals surface area contributed by atoms with Crippen LogP contribution in [0.5, 0.6) is 0 Å². The van der Waals surface area contributed by atoms with Crippen LogP contribution >= 0.6 is 0 Å². The fraction of sp³-hybridized carbons (Fsp3) is 0.375. The smallest absolute Gasteiger partial charge is 0.207 e. The number of rotatable bonds is 1. The second-order valence-electron chi connectivity index (χ2n) is 5.74. The summed E-state index contributed by atoms with van der Waals surface area (Å²) in [6, 6.07) is 9.63. The molecule has 1 N–H and O–H groups in total. The van der Waals surface area contributed by atoms with E-state index < -0.39 is 17.1 Å². The molecule has 1 fully saturated rings. The lowest BCUT2D eigenvalue weighted by Crippen LogP contribution is -2.35. The first-order chi connectivity index (χ1) is 8.97. The van der Waals surface area contributed by atoms with E-state index in [9.17, 15) is 14.7 Å². The van der Waals surface area contributed by atoms with Crippen LogP contribution in [0.25, 0.3) is 0 Å². The van der Waals surface area contributed by atoms with E-state index in [1.807, 2.05) is 44.2 Å². The Labute approximate surface area is 111 Å². The Morgan fingerprint density at radius 1 is 1.16 bits per heavy atom. The molecule has 1 aromatic carbocycles. The van der Waals surface area contributed by atoms with Crippen LogP contribution in [0.1, 0.15) is 25.3 Å². The standard InChI is InChI=1S/C16H16O3/c1-9-12(10-6-4-3-5-7-10)13-14(18)11(17)8-16(9,2)15(13)19/h3-9,12-13,17H,1-2H3. The number of fused-ring (bicyclic) bond motifs is 2. The molecule has 1 aromatic rings. The summed E-state index contributed by atoms with van der Waals surface area (Å²) in [6.07, 6.45) is 1.45. The van der Waals surface area contributed by atoms with Crippen LogP contribution in [0.2, 0.25) is 0 Å². The lowest BCUT2D eigenvalue weighted by Gasteiger charge is -2.26. The average molecular weight is 256 g/mol. The summed E-state index contributed by atoms with van der Waals surface area (Å²) >= 11 is 0. The quantitative estimate of drug-likeness (QED) is 0.786. The van der Waals surface area contributed by atoms with E-state index >= 15 is 0 Å². The van der Waals surface area contributed by atoms with Crippen LogP contribution in [0.15, 0.2) is 42.2 Å². The summed E-state index contributed by atoms with van der Waals surface area (Å²) < 4.78 is 0. The molecule has 0 heterocycles. The fourth-order valence-corrected chi connectivity index (χ4v) is 3.54. The van der Waals surface area contributed by atoms with Crippen molar-refractivity contribution in [3.63, 3.8) is 0 Å². The molecule has 2 aliphatic rings. The molecule has 3 rings (SSSR count). The summed E-state index contributed by atoms with van der Waals surface area (Å²) in [5.74, 6) is -1.62. The maximum absolute atomic E-state index is 12.5. The number of hydrogen-bond donors (Lipinski definition) is 1. The fourth-order valence-electron chi connectivity index (χ4n) is 3.54. The van der Waals surface area contributed by atoms with Gasteiger partial charge in [0.1, 0.15) is 0 Å². The van der Waals surface area contributed by atoms with Crippen molar-refractivity contribution in [2.24, 2.45) is 17.3 Å². The van der Waals surface area contributed by atoms with Crippen LogP contribution in [0.4, 0.5) is 0 Å². The van der Waals surface area contributed by atoms with Gasteiger partial charge in [0, 0.05) is 5.92 Å². The highest BCUT2D eigenvalue weighted by molar-refractivity contribution is 6.16. The first kappa shape index (κ1) is 12.2. The normalized spacial score (nSPS) is 37.4. The number of allylic oxidation sites excluding steroid dienone is 2. The van der Waals surface area contributed by atoms with E-state index in [-0.39, 0.29) is 23.4 Å². The van der Waals surface area contributed by atoms with Gasteiger partial charge in [0.05, 0.1) is 11.3 Å². The van der Waals surface area contributed by atoms with E-state index in [1.165, 1.54) is 6.08 Å². The highest BCUT2D eigenvalue weighted by Crippen LogP contribution is 2.56. The summed E-state index contributed by atoms with van der Waals surface area (Å²) in [4.78, 5) is 24.6. The van der Waals surface area contributed by atoms with Crippen molar-refractivity contribution in [2.45, 2.75) is 19.8 Å². The van der Waals surface area contributed by atoms with Gasteiger partial charge in [0.15, 0.2) is 11.5 Å². The van der Waals surface area contributed by atoms with E-state index in [0.29, 0.717) is 0 Å². The van der Waals surface area contributed by atoms with E-state index in [4.69, 9.17) is 0 Å². The Morgan fingerprint density at radius 3 is 2.42 bits per heavy atom. The molecule has 0 spiro atoms. The molecule has 0 amide bonds. The summed E-state index contributed by atoms with van der Waals surface area (Å²) in [7, 11) is 0. The minimum absolute atomic E-state index is 0.000926. The van der Waals surface area contributed by atoms with Crippen molar-refractivity contribution in [3.8, 4) is 0 Å². The van der Waals surface area contributed by atoms with Crippen LogP contribution < -0.4 is 0 Å². The molecule has 3 nitrogen and oxygen atoms in total. The second-order valence-corrected chi connectivity index (χ2v) is 5.74. The van der Waals surface area contributed by atoms with Gasteiger partial charge in [-0.15, -0.1) is 0 Å². The molecule has 0 radical (unpaired) electrons. The van der Waals surface area contributed by atoms with Crippen LogP contribution in [0, 0.1) is 17.3 Å². The van der Waals surface area contributed by atoms with Gasteiger partial charge in [-0.1, -0.05) is 37.3 Å². The Balaban J connectivity index is 2.16. The maximum atomic E-state index is 12.5. The Morgan fingerprint density at radius 2 is 1.79 bits per heavy atom. The summed E-state index contributed by atoms with van der Waals surface area (Å²) in [5.41, 5.74) is 0.261. The van der Waals surface area contributed by atoms with Crippen LogP contribution in [-0.2, 0) is 9.59 Å². The van der Waals surface area contributed by atoms with Crippen molar-refractivity contribution in [1.82, 2.24) is 0 Å². The van der Waals surface area contributed by atoms with Crippen LogP contribution in [0.3, 0.4) is 0 Å². The zero-order valence-electron chi connectivity index (χ0n) is 11.0. The predicted octanol–water partition coefficient (Wildman–Crippen LogP) is 2.64. The largest absolute Gasteiger partial charge is 0.505 e. The molecule has 3 heteroatoms. The molecule has 4 unspecified atom stereocenters. The van der Waals surface area contributed by atoms with Gasteiger partial charge in [-0.3, -0.25) is 9.59 Å². The van der Waals surface area contributed by atoms with Crippen molar-refractivity contribution < 1.29 is 14.7 Å². The number of carbonyl (C=O) groups excluding carboxylic acids is 2. The molecule has 2 aliphatic carbocycles. The molecular formula is C16H16O3. The third-order valence-electron chi connectivity index (χ3n) is 4.81. The number of hydrogen-bond acceptors (Lipinski definition) is 3. The van der Waals surface area contributed by atoms with Crippen molar-refractivity contribution in [2.75, 3.05) is 0 Å². The zero-order chi connectivity index (χ0) is 13.8. The number of aliphatic hydroxyl groups excluding tert-OH is 1. The molecule has 2 bridgehead atoms. The Hall–Kier alpha value is -1.90. The van der Waals surface area contributed by atoms with Gasteiger partial charge in [-0.05, 0) is 24.5 Å². The molecule has 0 aromatic heterocycles. The number of aliphatic hydroxyl groups is 1. The van der Waals surface area contributed by atoms with E-state index in [2.05, 4.69) is 0 Å². The minimum atomic E-state index is -0.733. The average Bonchev–Trinajstić information content (AvgIpc) is 2.55. The predicted molar refractivity (Wildman–Crippen MR) is 70.7 cm³/mol. The summed E-state index contributed by atoms with van der Waals surface area (Å²) in [6.45, 7) is 3.80. The van der Waals surface area contributed by atoms with Gasteiger partial charge in [0.25, 0.3) is 0 Å². The van der Waals surface area contributed by atoms with Gasteiger partial charge < -0.3 is 5.11 Å². The number of benzene rings is 1. The minimum Gasteiger partial charge on any atom is -0.505 e.